The number of hydrogen-bond donors (Lipinski definition) is 1. The van der Waals surface area contributed by atoms with Crippen molar-refractivity contribution < 1.29 is 18.3 Å². The van der Waals surface area contributed by atoms with Crippen LogP contribution in [0, 0.1) is 0 Å². The van der Waals surface area contributed by atoms with Crippen LogP contribution in [0.3, 0.4) is 0 Å². The second-order valence-electron chi connectivity index (χ2n) is 6.40. The minimum absolute atomic E-state index is 0.0431. The lowest BCUT2D eigenvalue weighted by Crippen LogP contribution is -2.15. The van der Waals surface area contributed by atoms with Crippen LogP contribution in [0.1, 0.15) is 25.1 Å². The van der Waals surface area contributed by atoms with Crippen LogP contribution in [0.5, 0.6) is 0 Å². The molecule has 0 amide bonds. The molecule has 26 heavy (non-hydrogen) atoms. The number of alkyl halides is 3. The molecule has 0 fully saturated rings. The third-order valence-electron chi connectivity index (χ3n) is 3.91. The van der Waals surface area contributed by atoms with Crippen molar-refractivity contribution >= 4 is 15.9 Å². The molecule has 0 spiro atoms. The number of halogens is 4. The molecule has 1 N–H and O–H groups in total. The van der Waals surface area contributed by atoms with Crippen LogP contribution in [0.15, 0.2) is 59.2 Å². The first-order valence-electron chi connectivity index (χ1n) is 7.82. The number of hydrogen-bond acceptors (Lipinski definition) is 2. The van der Waals surface area contributed by atoms with Gasteiger partial charge in [0, 0.05) is 21.9 Å². The molecule has 0 radical (unpaired) electrons. The molecule has 0 atom stereocenters. The molecule has 0 aliphatic heterocycles. The fourth-order valence-corrected chi connectivity index (χ4v) is 2.85. The Balaban J connectivity index is 2.28. The minimum atomic E-state index is -4.51. The van der Waals surface area contributed by atoms with Crippen LogP contribution in [0.25, 0.3) is 17.1 Å². The summed E-state index contributed by atoms with van der Waals surface area (Å²) in [7, 11) is 0. The number of aromatic nitrogens is 2. The van der Waals surface area contributed by atoms with Gasteiger partial charge in [-0.2, -0.15) is 13.2 Å². The van der Waals surface area contributed by atoms with Crippen molar-refractivity contribution in [1.82, 2.24) is 9.55 Å². The monoisotopic (exact) mass is 424 g/mol. The Kier molecular flexibility index (Phi) is 4.71. The van der Waals surface area contributed by atoms with Gasteiger partial charge < -0.3 is 5.11 Å². The number of rotatable bonds is 3. The highest BCUT2D eigenvalue weighted by Gasteiger charge is 2.35. The molecule has 0 bridgehead atoms. The molecule has 3 nitrogen and oxygen atoms in total. The molecular weight excluding hydrogens is 409 g/mol. The molecule has 0 aliphatic rings. The Morgan fingerprint density at radius 1 is 1.00 bits per heavy atom. The van der Waals surface area contributed by atoms with Crippen LogP contribution in [0.2, 0.25) is 0 Å². The fourth-order valence-electron chi connectivity index (χ4n) is 2.59. The molecule has 2 aromatic carbocycles. The van der Waals surface area contributed by atoms with Gasteiger partial charge in [0.05, 0.1) is 11.3 Å². The maximum absolute atomic E-state index is 13.5. The average Bonchev–Trinajstić information content (AvgIpc) is 3.00. The van der Waals surface area contributed by atoms with E-state index in [1.54, 1.807) is 48.9 Å². The van der Waals surface area contributed by atoms with E-state index in [1.807, 2.05) is 0 Å². The highest BCUT2D eigenvalue weighted by atomic mass is 79.9. The van der Waals surface area contributed by atoms with E-state index in [0.29, 0.717) is 5.69 Å². The summed E-state index contributed by atoms with van der Waals surface area (Å²) in [4.78, 5) is 4.33. The van der Waals surface area contributed by atoms with Crippen LogP contribution in [-0.4, -0.2) is 14.7 Å². The van der Waals surface area contributed by atoms with Gasteiger partial charge in [-0.05, 0) is 44.2 Å². The maximum Gasteiger partial charge on any atom is 0.417 e. The summed E-state index contributed by atoms with van der Waals surface area (Å²) in [6, 6.07) is 12.4. The average molecular weight is 425 g/mol. The normalized spacial score (nSPS) is 12.4. The summed E-state index contributed by atoms with van der Waals surface area (Å²) in [5, 5.41) is 10.3. The van der Waals surface area contributed by atoms with Crippen molar-refractivity contribution in [3.05, 3.63) is 70.5 Å². The van der Waals surface area contributed by atoms with Crippen LogP contribution < -0.4 is 0 Å². The lowest BCUT2D eigenvalue weighted by Gasteiger charge is -2.14. The Morgan fingerprint density at radius 2 is 1.62 bits per heavy atom. The second kappa shape index (κ2) is 6.55. The molecule has 1 heterocycles. The van der Waals surface area contributed by atoms with Gasteiger partial charge in [0.2, 0.25) is 0 Å². The van der Waals surface area contributed by atoms with Gasteiger partial charge in [0.15, 0.2) is 0 Å². The van der Waals surface area contributed by atoms with Gasteiger partial charge >= 0.3 is 6.18 Å². The molecule has 136 valence electrons. The number of nitrogens with zero attached hydrogens (tertiary/aromatic N) is 2. The predicted molar refractivity (Wildman–Crippen MR) is 96.9 cm³/mol. The standard InChI is InChI=1S/C19H16BrF3N2O/c1-18(2,26)16-11-25(13-9-7-12(20)8-10-13)17(24-16)14-5-3-4-6-15(14)19(21,22)23/h3-11,26H,1-2H3. The molecule has 3 aromatic rings. The van der Waals surface area contributed by atoms with E-state index in [0.717, 1.165) is 10.5 Å². The van der Waals surface area contributed by atoms with Crippen LogP contribution in [0.4, 0.5) is 13.2 Å². The smallest absolute Gasteiger partial charge is 0.384 e. The Labute approximate surface area is 157 Å². The number of aliphatic hydroxyl groups is 1. The molecule has 0 saturated heterocycles. The largest absolute Gasteiger partial charge is 0.417 e. The van der Waals surface area contributed by atoms with E-state index >= 15 is 0 Å². The summed E-state index contributed by atoms with van der Waals surface area (Å²) in [6.45, 7) is 3.08. The van der Waals surface area contributed by atoms with Gasteiger partial charge in [0.1, 0.15) is 11.4 Å². The second-order valence-corrected chi connectivity index (χ2v) is 7.31. The van der Waals surface area contributed by atoms with Crippen LogP contribution >= 0.6 is 15.9 Å². The van der Waals surface area contributed by atoms with Gasteiger partial charge in [-0.3, -0.25) is 4.57 Å². The number of imidazole rings is 1. The highest BCUT2D eigenvalue weighted by Crippen LogP contribution is 2.38. The third-order valence-corrected chi connectivity index (χ3v) is 4.44. The zero-order valence-corrected chi connectivity index (χ0v) is 15.6. The van der Waals surface area contributed by atoms with Crippen molar-refractivity contribution in [3.63, 3.8) is 0 Å². The summed E-state index contributed by atoms with van der Waals surface area (Å²) in [5.74, 6) is 0.123. The molecule has 3 rings (SSSR count). The molecule has 0 saturated carbocycles. The molecule has 1 aromatic heterocycles. The van der Waals surface area contributed by atoms with Crippen molar-refractivity contribution in [2.45, 2.75) is 25.6 Å². The summed E-state index contributed by atoms with van der Waals surface area (Å²) in [6.07, 6.45) is -2.95. The SMILES string of the molecule is CC(C)(O)c1cn(-c2ccc(Br)cc2)c(-c2ccccc2C(F)(F)F)n1. The summed E-state index contributed by atoms with van der Waals surface area (Å²) >= 11 is 3.34. The molecule has 0 unspecified atom stereocenters. The van der Waals surface area contributed by atoms with Crippen molar-refractivity contribution in [3.8, 4) is 17.1 Å². The van der Waals surface area contributed by atoms with Gasteiger partial charge in [0.25, 0.3) is 0 Å². The zero-order valence-electron chi connectivity index (χ0n) is 14.0. The van der Waals surface area contributed by atoms with E-state index in [4.69, 9.17) is 0 Å². The topological polar surface area (TPSA) is 38.0 Å². The van der Waals surface area contributed by atoms with Crippen molar-refractivity contribution in [2.75, 3.05) is 0 Å². The zero-order chi connectivity index (χ0) is 19.1. The molecule has 0 aliphatic carbocycles. The lowest BCUT2D eigenvalue weighted by atomic mass is 10.1. The fraction of sp³-hybridized carbons (Fsp3) is 0.211. The van der Waals surface area contributed by atoms with E-state index in [2.05, 4.69) is 20.9 Å². The molecular formula is C19H16BrF3N2O. The Morgan fingerprint density at radius 3 is 2.19 bits per heavy atom. The van der Waals surface area contributed by atoms with Gasteiger partial charge in [-0.1, -0.05) is 34.1 Å². The van der Waals surface area contributed by atoms with E-state index in [1.165, 1.54) is 18.2 Å². The summed E-state index contributed by atoms with van der Waals surface area (Å²) < 4.78 is 42.8. The first-order chi connectivity index (χ1) is 12.1. The minimum Gasteiger partial charge on any atom is -0.384 e. The number of benzene rings is 2. The van der Waals surface area contributed by atoms with E-state index < -0.39 is 17.3 Å². The third kappa shape index (κ3) is 3.68. The Hall–Kier alpha value is -2.12. The van der Waals surface area contributed by atoms with Crippen molar-refractivity contribution in [2.24, 2.45) is 0 Å². The van der Waals surface area contributed by atoms with Crippen LogP contribution in [-0.2, 0) is 11.8 Å². The Bertz CT molecular complexity index is 925. The first kappa shape index (κ1) is 18.7. The molecule has 7 heteroatoms. The van der Waals surface area contributed by atoms with E-state index in [9.17, 15) is 18.3 Å². The van der Waals surface area contributed by atoms with E-state index in [-0.39, 0.29) is 17.1 Å². The highest BCUT2D eigenvalue weighted by molar-refractivity contribution is 9.10. The first-order valence-corrected chi connectivity index (χ1v) is 8.61. The van der Waals surface area contributed by atoms with Crippen molar-refractivity contribution in [1.29, 1.82) is 0 Å². The van der Waals surface area contributed by atoms with Gasteiger partial charge in [-0.15, -0.1) is 0 Å². The lowest BCUT2D eigenvalue weighted by molar-refractivity contribution is -0.137. The predicted octanol–water partition coefficient (Wildman–Crippen LogP) is 5.55. The maximum atomic E-state index is 13.5. The quantitative estimate of drug-likeness (QED) is 0.598. The van der Waals surface area contributed by atoms with Gasteiger partial charge in [-0.25, -0.2) is 4.98 Å². The summed E-state index contributed by atoms with van der Waals surface area (Å²) in [5.41, 5.74) is -1.18.